The Morgan fingerprint density at radius 1 is 1.45 bits per heavy atom. The molecule has 3 aromatic heterocycles. The number of fused-ring (bicyclic) bond motifs is 1. The predicted molar refractivity (Wildman–Crippen MR) is 71.1 cm³/mol. The van der Waals surface area contributed by atoms with Crippen molar-refractivity contribution in [3.05, 3.63) is 23.7 Å². The van der Waals surface area contributed by atoms with Crippen molar-refractivity contribution in [2.24, 2.45) is 7.05 Å². The summed E-state index contributed by atoms with van der Waals surface area (Å²) < 4.78 is 8.26. The minimum absolute atomic E-state index is 0.0991. The molecule has 0 aliphatic rings. The maximum absolute atomic E-state index is 12.0. The lowest BCUT2D eigenvalue weighted by atomic mass is 10.4. The summed E-state index contributed by atoms with van der Waals surface area (Å²) >= 11 is 0. The Morgan fingerprint density at radius 2 is 2.25 bits per heavy atom. The molecule has 0 saturated carbocycles. The van der Waals surface area contributed by atoms with Gasteiger partial charge in [-0.1, -0.05) is 5.16 Å². The lowest BCUT2D eigenvalue weighted by Gasteiger charge is -2.02. The largest absolute Gasteiger partial charge is 0.360 e. The number of hydrogen-bond acceptors (Lipinski definition) is 5. The molecule has 104 valence electrons. The van der Waals surface area contributed by atoms with Crippen LogP contribution in [0.25, 0.3) is 11.0 Å². The van der Waals surface area contributed by atoms with Crippen LogP contribution in [-0.4, -0.2) is 30.6 Å². The van der Waals surface area contributed by atoms with Crippen LogP contribution in [0.4, 0.5) is 5.82 Å². The van der Waals surface area contributed by atoms with Crippen molar-refractivity contribution in [3.8, 4) is 0 Å². The van der Waals surface area contributed by atoms with E-state index in [1.54, 1.807) is 28.6 Å². The van der Waals surface area contributed by atoms with Gasteiger partial charge in [-0.15, -0.1) is 0 Å². The molecule has 3 rings (SSSR count). The highest BCUT2D eigenvalue weighted by molar-refractivity contribution is 5.90. The molecule has 1 N–H and O–H groups in total. The van der Waals surface area contributed by atoms with E-state index < -0.39 is 0 Å². The van der Waals surface area contributed by atoms with Gasteiger partial charge in [-0.2, -0.15) is 10.2 Å². The third-order valence-electron chi connectivity index (χ3n) is 3.00. The normalized spacial score (nSPS) is 11.2. The molecule has 0 fully saturated rings. The summed E-state index contributed by atoms with van der Waals surface area (Å²) in [7, 11) is 1.85. The standard InChI is InChI=1S/C12H14N6O2/c1-7-4-10(16-20-7)14-11(19)6-18-12-8(2)15-17(3)9(12)5-13-18/h4-5H,6H2,1-3H3,(H,14,16,19). The summed E-state index contributed by atoms with van der Waals surface area (Å²) in [5.41, 5.74) is 2.59. The van der Waals surface area contributed by atoms with Crippen molar-refractivity contribution in [2.75, 3.05) is 5.32 Å². The van der Waals surface area contributed by atoms with Crippen LogP contribution in [0, 0.1) is 13.8 Å². The average Bonchev–Trinajstić information content (AvgIpc) is 3.02. The molecular formula is C12H14N6O2. The van der Waals surface area contributed by atoms with Gasteiger partial charge < -0.3 is 9.84 Å². The van der Waals surface area contributed by atoms with Crippen LogP contribution in [0.2, 0.25) is 0 Å². The zero-order valence-corrected chi connectivity index (χ0v) is 11.4. The molecule has 0 spiro atoms. The Balaban J connectivity index is 1.81. The van der Waals surface area contributed by atoms with Gasteiger partial charge in [-0.05, 0) is 13.8 Å². The SMILES string of the molecule is Cc1cc(NC(=O)Cn2ncc3c2c(C)nn3C)no1. The van der Waals surface area contributed by atoms with Crippen LogP contribution in [-0.2, 0) is 18.4 Å². The number of aryl methyl sites for hydroxylation is 3. The van der Waals surface area contributed by atoms with Crippen LogP contribution in [0.1, 0.15) is 11.5 Å². The van der Waals surface area contributed by atoms with E-state index in [-0.39, 0.29) is 12.5 Å². The van der Waals surface area contributed by atoms with Gasteiger partial charge in [0.05, 0.1) is 11.9 Å². The fourth-order valence-corrected chi connectivity index (χ4v) is 2.17. The minimum atomic E-state index is -0.216. The molecule has 8 heteroatoms. The molecule has 0 aromatic carbocycles. The third kappa shape index (κ3) is 2.04. The lowest BCUT2D eigenvalue weighted by molar-refractivity contribution is -0.116. The first-order chi connectivity index (χ1) is 9.54. The average molecular weight is 274 g/mol. The Hall–Kier alpha value is -2.64. The molecule has 0 atom stereocenters. The van der Waals surface area contributed by atoms with E-state index in [1.165, 1.54) is 0 Å². The number of nitrogens with zero attached hydrogens (tertiary/aromatic N) is 5. The summed E-state index contributed by atoms with van der Waals surface area (Å²) in [5, 5.41) is 14.9. The molecule has 8 nitrogen and oxygen atoms in total. The molecule has 0 aliphatic carbocycles. The highest BCUT2D eigenvalue weighted by atomic mass is 16.5. The van der Waals surface area contributed by atoms with Crippen LogP contribution in [0.15, 0.2) is 16.8 Å². The number of amides is 1. The quantitative estimate of drug-likeness (QED) is 0.769. The topological polar surface area (TPSA) is 90.8 Å². The summed E-state index contributed by atoms with van der Waals surface area (Å²) in [5.74, 6) is 0.829. The van der Waals surface area contributed by atoms with E-state index >= 15 is 0 Å². The number of aromatic nitrogens is 5. The molecule has 0 saturated heterocycles. The smallest absolute Gasteiger partial charge is 0.247 e. The van der Waals surface area contributed by atoms with Crippen molar-refractivity contribution in [3.63, 3.8) is 0 Å². The fraction of sp³-hybridized carbons (Fsp3) is 0.333. The van der Waals surface area contributed by atoms with Crippen LogP contribution in [0.5, 0.6) is 0 Å². The maximum Gasteiger partial charge on any atom is 0.247 e. The Kier molecular flexibility index (Phi) is 2.78. The molecule has 0 bridgehead atoms. The van der Waals surface area contributed by atoms with E-state index in [2.05, 4.69) is 20.7 Å². The van der Waals surface area contributed by atoms with Crippen molar-refractivity contribution in [1.82, 2.24) is 24.7 Å². The number of hydrogen-bond donors (Lipinski definition) is 1. The van der Waals surface area contributed by atoms with Gasteiger partial charge in [0.25, 0.3) is 0 Å². The van der Waals surface area contributed by atoms with Gasteiger partial charge in [-0.3, -0.25) is 14.2 Å². The molecule has 1 amide bonds. The van der Waals surface area contributed by atoms with Crippen LogP contribution >= 0.6 is 0 Å². The fourth-order valence-electron chi connectivity index (χ4n) is 2.17. The summed E-state index contributed by atoms with van der Waals surface area (Å²) in [6, 6.07) is 1.66. The highest BCUT2D eigenvalue weighted by Crippen LogP contribution is 2.16. The number of anilines is 1. The zero-order chi connectivity index (χ0) is 14.3. The third-order valence-corrected chi connectivity index (χ3v) is 3.00. The molecule has 0 aliphatic heterocycles. The zero-order valence-electron chi connectivity index (χ0n) is 11.4. The monoisotopic (exact) mass is 274 g/mol. The molecule has 3 aromatic rings. The van der Waals surface area contributed by atoms with Gasteiger partial charge >= 0.3 is 0 Å². The van der Waals surface area contributed by atoms with Gasteiger partial charge in [0.2, 0.25) is 5.91 Å². The van der Waals surface area contributed by atoms with Gasteiger partial charge in [-0.25, -0.2) is 0 Å². The first-order valence-electron chi connectivity index (χ1n) is 6.13. The Labute approximate surface area is 114 Å². The van der Waals surface area contributed by atoms with Crippen molar-refractivity contribution < 1.29 is 9.32 Å². The highest BCUT2D eigenvalue weighted by Gasteiger charge is 2.14. The van der Waals surface area contributed by atoms with E-state index in [0.29, 0.717) is 11.6 Å². The van der Waals surface area contributed by atoms with Crippen molar-refractivity contribution in [2.45, 2.75) is 20.4 Å². The molecule has 0 radical (unpaired) electrons. The number of carbonyl (C=O) groups is 1. The van der Waals surface area contributed by atoms with Gasteiger partial charge in [0, 0.05) is 13.1 Å². The first kappa shape index (κ1) is 12.4. The molecule has 20 heavy (non-hydrogen) atoms. The van der Waals surface area contributed by atoms with Crippen LogP contribution in [0.3, 0.4) is 0 Å². The second-order valence-electron chi connectivity index (χ2n) is 4.62. The molecule has 3 heterocycles. The van der Waals surface area contributed by atoms with E-state index in [0.717, 1.165) is 16.7 Å². The van der Waals surface area contributed by atoms with Crippen molar-refractivity contribution >= 4 is 22.8 Å². The number of rotatable bonds is 3. The number of nitrogens with one attached hydrogen (secondary N) is 1. The summed E-state index contributed by atoms with van der Waals surface area (Å²) in [6.45, 7) is 3.75. The predicted octanol–water partition coefficient (Wildman–Crippen LogP) is 1.01. The van der Waals surface area contributed by atoms with E-state index in [4.69, 9.17) is 4.52 Å². The van der Waals surface area contributed by atoms with Crippen molar-refractivity contribution in [1.29, 1.82) is 0 Å². The van der Waals surface area contributed by atoms with Gasteiger partial charge in [0.15, 0.2) is 5.82 Å². The van der Waals surface area contributed by atoms with Crippen LogP contribution < -0.4 is 5.32 Å². The Bertz CT molecular complexity index is 781. The summed E-state index contributed by atoms with van der Waals surface area (Å²) in [4.78, 5) is 12.0. The van der Waals surface area contributed by atoms with E-state index in [9.17, 15) is 4.79 Å². The molecule has 0 unspecified atom stereocenters. The molecular weight excluding hydrogens is 260 g/mol. The first-order valence-corrected chi connectivity index (χ1v) is 6.13. The Morgan fingerprint density at radius 3 is 2.95 bits per heavy atom. The van der Waals surface area contributed by atoms with Gasteiger partial charge in [0.1, 0.15) is 23.3 Å². The minimum Gasteiger partial charge on any atom is -0.360 e. The second kappa shape index (κ2) is 4.48. The number of carbonyl (C=O) groups excluding carboxylic acids is 1. The van der Waals surface area contributed by atoms with E-state index in [1.807, 2.05) is 14.0 Å². The lowest BCUT2D eigenvalue weighted by Crippen LogP contribution is -2.19. The summed E-state index contributed by atoms with van der Waals surface area (Å²) in [6.07, 6.45) is 1.70. The second-order valence-corrected chi connectivity index (χ2v) is 4.62. The maximum atomic E-state index is 12.0.